The van der Waals surface area contributed by atoms with Crippen molar-refractivity contribution in [1.82, 2.24) is 10.2 Å². The zero-order chi connectivity index (χ0) is 15.5. The van der Waals surface area contributed by atoms with Gasteiger partial charge in [0.25, 0.3) is 0 Å². The lowest BCUT2D eigenvalue weighted by Crippen LogP contribution is -2.57. The Bertz CT molecular complexity index is 581. The summed E-state index contributed by atoms with van der Waals surface area (Å²) in [7, 11) is -1.73. The number of nitrogens with one attached hydrogen (secondary N) is 1. The smallest absolute Gasteiger partial charge is 0.243 e. The molecule has 1 saturated heterocycles. The van der Waals surface area contributed by atoms with Crippen LogP contribution < -0.4 is 5.32 Å². The number of amides is 1. The number of rotatable bonds is 5. The fourth-order valence-corrected chi connectivity index (χ4v) is 4.87. The highest BCUT2D eigenvalue weighted by molar-refractivity contribution is 7.92. The predicted molar refractivity (Wildman–Crippen MR) is 92.6 cm³/mol. The van der Waals surface area contributed by atoms with Gasteiger partial charge >= 0.3 is 0 Å². The van der Waals surface area contributed by atoms with Crippen molar-refractivity contribution < 1.29 is 13.2 Å². The van der Waals surface area contributed by atoms with Crippen LogP contribution >= 0.6 is 23.7 Å². The minimum atomic E-state index is -3.43. The summed E-state index contributed by atoms with van der Waals surface area (Å²) in [4.78, 5) is 15.5. The van der Waals surface area contributed by atoms with Crippen LogP contribution in [0.2, 0.25) is 0 Å². The molecule has 1 N–H and O–H groups in total. The van der Waals surface area contributed by atoms with Crippen LogP contribution in [0, 0.1) is 0 Å². The molecule has 0 saturated carbocycles. The average molecular weight is 367 g/mol. The maximum atomic E-state index is 12.7. The standard InChI is InChI=1S/C14H22N2O3S2.ClH/c1-16(10-5-12-4-3-11-20-12)13(17)14(21(2,18)19)6-8-15-9-7-14;/h3-4,11,15H,5-10H2,1-2H3;1H. The van der Waals surface area contributed by atoms with E-state index in [9.17, 15) is 13.2 Å². The molecule has 1 amide bonds. The van der Waals surface area contributed by atoms with Crippen LogP contribution in [0.4, 0.5) is 0 Å². The summed E-state index contributed by atoms with van der Waals surface area (Å²) in [5.41, 5.74) is 0. The Kier molecular flexibility index (Phi) is 6.85. The molecule has 1 fully saturated rings. The summed E-state index contributed by atoms with van der Waals surface area (Å²) in [5.74, 6) is -0.261. The molecule has 126 valence electrons. The highest BCUT2D eigenvalue weighted by atomic mass is 35.5. The largest absolute Gasteiger partial charge is 0.344 e. The van der Waals surface area contributed by atoms with Gasteiger partial charge in [-0.2, -0.15) is 0 Å². The van der Waals surface area contributed by atoms with E-state index in [1.807, 2.05) is 17.5 Å². The molecule has 1 aliphatic rings. The second kappa shape index (κ2) is 7.77. The average Bonchev–Trinajstić information content (AvgIpc) is 2.97. The van der Waals surface area contributed by atoms with E-state index in [4.69, 9.17) is 0 Å². The molecule has 1 aromatic heterocycles. The minimum absolute atomic E-state index is 0. The predicted octanol–water partition coefficient (Wildman–Crippen LogP) is 1.34. The topological polar surface area (TPSA) is 66.5 Å². The van der Waals surface area contributed by atoms with Gasteiger partial charge in [0, 0.05) is 24.7 Å². The van der Waals surface area contributed by atoms with E-state index in [1.165, 1.54) is 11.1 Å². The Morgan fingerprint density at radius 3 is 2.55 bits per heavy atom. The monoisotopic (exact) mass is 366 g/mol. The minimum Gasteiger partial charge on any atom is -0.344 e. The van der Waals surface area contributed by atoms with Gasteiger partial charge in [-0.1, -0.05) is 6.07 Å². The second-order valence-corrected chi connectivity index (χ2v) is 8.93. The highest BCUT2D eigenvalue weighted by Gasteiger charge is 2.49. The molecule has 0 spiro atoms. The first-order chi connectivity index (χ1) is 9.87. The van der Waals surface area contributed by atoms with Crippen molar-refractivity contribution in [2.75, 3.05) is 32.9 Å². The van der Waals surface area contributed by atoms with Gasteiger partial charge in [0.1, 0.15) is 0 Å². The molecule has 8 heteroatoms. The van der Waals surface area contributed by atoms with Gasteiger partial charge in [-0.25, -0.2) is 8.42 Å². The summed E-state index contributed by atoms with van der Waals surface area (Å²) < 4.78 is 23.2. The van der Waals surface area contributed by atoms with Crippen LogP contribution in [0.25, 0.3) is 0 Å². The molecule has 22 heavy (non-hydrogen) atoms. The number of carbonyl (C=O) groups is 1. The van der Waals surface area contributed by atoms with Crippen LogP contribution in [0.3, 0.4) is 0 Å². The molecule has 0 bridgehead atoms. The summed E-state index contributed by atoms with van der Waals surface area (Å²) in [6, 6.07) is 4.01. The maximum Gasteiger partial charge on any atom is 0.243 e. The van der Waals surface area contributed by atoms with Crippen molar-refractivity contribution in [3.63, 3.8) is 0 Å². The van der Waals surface area contributed by atoms with Crippen molar-refractivity contribution in [1.29, 1.82) is 0 Å². The second-order valence-electron chi connectivity index (χ2n) is 5.57. The number of hydrogen-bond donors (Lipinski definition) is 1. The summed E-state index contributed by atoms with van der Waals surface area (Å²) in [5, 5.41) is 5.13. The first-order valence-electron chi connectivity index (χ1n) is 7.05. The zero-order valence-corrected chi connectivity index (χ0v) is 15.3. The third-order valence-corrected chi connectivity index (χ3v) is 7.07. The van der Waals surface area contributed by atoms with Gasteiger partial charge in [0.05, 0.1) is 0 Å². The maximum absolute atomic E-state index is 12.7. The lowest BCUT2D eigenvalue weighted by Gasteiger charge is -2.37. The SMILES string of the molecule is CN(CCc1cccs1)C(=O)C1(S(C)(=O)=O)CCNCC1.Cl. The van der Waals surface area contributed by atoms with Gasteiger partial charge in [0.15, 0.2) is 14.6 Å². The van der Waals surface area contributed by atoms with Gasteiger partial charge in [-0.3, -0.25) is 4.79 Å². The molecule has 2 rings (SSSR count). The van der Waals surface area contributed by atoms with E-state index in [0.29, 0.717) is 32.5 Å². The number of halogens is 1. The van der Waals surface area contributed by atoms with Crippen LogP contribution in [-0.4, -0.2) is 56.9 Å². The van der Waals surface area contributed by atoms with E-state index in [1.54, 1.807) is 23.3 Å². The zero-order valence-electron chi connectivity index (χ0n) is 12.9. The normalized spacial score (nSPS) is 17.5. The Morgan fingerprint density at radius 1 is 1.41 bits per heavy atom. The van der Waals surface area contributed by atoms with Crippen molar-refractivity contribution in [3.05, 3.63) is 22.4 Å². The van der Waals surface area contributed by atoms with Gasteiger partial charge in [-0.15, -0.1) is 23.7 Å². The van der Waals surface area contributed by atoms with E-state index in [-0.39, 0.29) is 18.3 Å². The van der Waals surface area contributed by atoms with E-state index in [0.717, 1.165) is 6.42 Å². The number of piperidine rings is 1. The molecule has 0 aliphatic carbocycles. The molecule has 0 radical (unpaired) electrons. The van der Waals surface area contributed by atoms with Crippen molar-refractivity contribution in [3.8, 4) is 0 Å². The van der Waals surface area contributed by atoms with Crippen molar-refractivity contribution in [2.45, 2.75) is 24.0 Å². The molecule has 5 nitrogen and oxygen atoms in total. The Balaban J connectivity index is 0.00000242. The number of thiophene rings is 1. The van der Waals surface area contributed by atoms with Gasteiger partial charge in [-0.05, 0) is 43.8 Å². The summed E-state index contributed by atoms with van der Waals surface area (Å²) in [6.07, 6.45) is 2.66. The van der Waals surface area contributed by atoms with Gasteiger partial charge in [0.2, 0.25) is 5.91 Å². The van der Waals surface area contributed by atoms with E-state index < -0.39 is 14.6 Å². The van der Waals surface area contributed by atoms with Crippen LogP contribution in [0.15, 0.2) is 17.5 Å². The van der Waals surface area contributed by atoms with E-state index in [2.05, 4.69) is 5.32 Å². The lowest BCUT2D eigenvalue weighted by molar-refractivity contribution is -0.133. The molecule has 1 aliphatic heterocycles. The van der Waals surface area contributed by atoms with Crippen LogP contribution in [0.1, 0.15) is 17.7 Å². The van der Waals surface area contributed by atoms with Crippen LogP contribution in [0.5, 0.6) is 0 Å². The Morgan fingerprint density at radius 2 is 2.05 bits per heavy atom. The first-order valence-corrected chi connectivity index (χ1v) is 9.82. The van der Waals surface area contributed by atoms with Crippen molar-refractivity contribution in [2.24, 2.45) is 0 Å². The fraction of sp³-hybridized carbons (Fsp3) is 0.643. The quantitative estimate of drug-likeness (QED) is 0.853. The number of nitrogens with zero attached hydrogens (tertiary/aromatic N) is 1. The van der Waals surface area contributed by atoms with Crippen LogP contribution in [-0.2, 0) is 21.1 Å². The number of carbonyl (C=O) groups excluding carboxylic acids is 1. The third kappa shape index (κ3) is 4.01. The number of sulfone groups is 1. The molecule has 1 aromatic rings. The first kappa shape index (κ1) is 19.4. The molecular weight excluding hydrogens is 344 g/mol. The molecule has 0 atom stereocenters. The Hall–Kier alpha value is -0.630. The molecule has 2 heterocycles. The molecule has 0 aromatic carbocycles. The van der Waals surface area contributed by atoms with Gasteiger partial charge < -0.3 is 10.2 Å². The highest BCUT2D eigenvalue weighted by Crippen LogP contribution is 2.29. The molecular formula is C14H23ClN2O3S2. The number of hydrogen-bond acceptors (Lipinski definition) is 5. The lowest BCUT2D eigenvalue weighted by atomic mass is 9.95. The Labute approximate surface area is 142 Å². The number of likely N-dealkylation sites (N-methyl/N-ethyl adjacent to an activating group) is 1. The van der Waals surface area contributed by atoms with Crippen molar-refractivity contribution >= 4 is 39.5 Å². The molecule has 0 unspecified atom stereocenters. The fourth-order valence-electron chi connectivity index (χ4n) is 2.76. The summed E-state index contributed by atoms with van der Waals surface area (Å²) in [6.45, 7) is 1.68. The third-order valence-electron chi connectivity index (χ3n) is 4.13. The van der Waals surface area contributed by atoms with E-state index >= 15 is 0 Å². The summed E-state index contributed by atoms with van der Waals surface area (Å²) >= 11 is 1.65.